The maximum absolute atomic E-state index is 5.37. The summed E-state index contributed by atoms with van der Waals surface area (Å²) in [5.74, 6) is 3.13. The molecule has 2 fully saturated rings. The highest BCUT2D eigenvalue weighted by molar-refractivity contribution is 7.80. The molecule has 0 saturated heterocycles. The van der Waals surface area contributed by atoms with Crippen LogP contribution in [0.3, 0.4) is 0 Å². The summed E-state index contributed by atoms with van der Waals surface area (Å²) < 4.78 is 10.6. The van der Waals surface area contributed by atoms with Gasteiger partial charge in [0.1, 0.15) is 0 Å². The van der Waals surface area contributed by atoms with E-state index in [1.54, 1.807) is 14.2 Å². The predicted molar refractivity (Wildman–Crippen MR) is 115 cm³/mol. The molecule has 0 aromatic heterocycles. The van der Waals surface area contributed by atoms with Crippen molar-refractivity contribution in [3.63, 3.8) is 0 Å². The number of methoxy groups -OCH3 is 2. The Morgan fingerprint density at radius 1 is 1.04 bits per heavy atom. The smallest absolute Gasteiger partial charge is 0.185 e. The van der Waals surface area contributed by atoms with Gasteiger partial charge in [0, 0.05) is 12.6 Å². The molecule has 0 amide bonds. The van der Waals surface area contributed by atoms with Crippen molar-refractivity contribution in [2.75, 3.05) is 20.8 Å². The Balaban J connectivity index is 1.33. The summed E-state index contributed by atoms with van der Waals surface area (Å²) in [4.78, 5) is 0. The van der Waals surface area contributed by atoms with Crippen LogP contribution in [0.15, 0.2) is 18.2 Å². The van der Waals surface area contributed by atoms with Crippen LogP contribution in [-0.2, 0) is 6.42 Å². The Morgan fingerprint density at radius 3 is 2.48 bits per heavy atom. The second kappa shape index (κ2) is 9.41. The number of hydrazine groups is 1. The molecule has 2 aliphatic rings. The number of benzene rings is 1. The van der Waals surface area contributed by atoms with Crippen LogP contribution in [0, 0.1) is 11.8 Å². The fraction of sp³-hybridized carbons (Fsp3) is 0.579. The zero-order valence-corrected chi connectivity index (χ0v) is 17.5. The molecule has 0 aliphatic heterocycles. The molecule has 3 atom stereocenters. The number of rotatable bonds is 6. The van der Waals surface area contributed by atoms with Gasteiger partial charge in [0.2, 0.25) is 0 Å². The lowest BCUT2D eigenvalue weighted by atomic mass is 9.96. The van der Waals surface area contributed by atoms with Gasteiger partial charge in [0.25, 0.3) is 0 Å². The predicted octanol–water partition coefficient (Wildman–Crippen LogP) is 2.28. The van der Waals surface area contributed by atoms with Gasteiger partial charge >= 0.3 is 0 Å². The molecule has 1 aromatic rings. The van der Waals surface area contributed by atoms with Gasteiger partial charge in [-0.15, -0.1) is 0 Å². The van der Waals surface area contributed by atoms with Crippen molar-refractivity contribution in [1.82, 2.24) is 21.5 Å². The van der Waals surface area contributed by atoms with E-state index < -0.39 is 0 Å². The molecule has 0 radical (unpaired) electrons. The Kier molecular flexibility index (Phi) is 6.95. The summed E-state index contributed by atoms with van der Waals surface area (Å²) in [6.07, 6.45) is 6.12. The highest BCUT2D eigenvalue weighted by atomic mass is 32.1. The first-order chi connectivity index (χ1) is 13.1. The molecule has 2 aliphatic carbocycles. The zero-order chi connectivity index (χ0) is 19.2. The van der Waals surface area contributed by atoms with Crippen molar-refractivity contribution in [3.05, 3.63) is 23.8 Å². The van der Waals surface area contributed by atoms with Crippen LogP contribution in [0.5, 0.6) is 11.5 Å². The molecule has 3 rings (SSSR count). The van der Waals surface area contributed by atoms with Crippen molar-refractivity contribution in [2.45, 2.75) is 38.1 Å². The standard InChI is InChI=1S/C19H28N4O2S2/c1-24-16-6-4-12(11-17(16)25-2)7-8-20-18(26)22-23-19(27)21-15-10-13-3-5-14(15)9-13/h4,6,11,13-15H,3,5,7-10H2,1-2H3,(H2,20,22,26)(H2,21,23,27)/t13-,14-,15-/m0/s1. The van der Waals surface area contributed by atoms with Gasteiger partial charge in [-0.1, -0.05) is 12.5 Å². The van der Waals surface area contributed by atoms with E-state index in [1.165, 1.54) is 25.7 Å². The summed E-state index contributed by atoms with van der Waals surface area (Å²) in [6.45, 7) is 0.704. The van der Waals surface area contributed by atoms with Crippen LogP contribution >= 0.6 is 24.4 Å². The number of nitrogens with one attached hydrogen (secondary N) is 4. The van der Waals surface area contributed by atoms with Crippen LogP contribution in [0.4, 0.5) is 0 Å². The molecule has 0 unspecified atom stereocenters. The van der Waals surface area contributed by atoms with Crippen molar-refractivity contribution in [1.29, 1.82) is 0 Å². The van der Waals surface area contributed by atoms with E-state index >= 15 is 0 Å². The number of hydrogen-bond acceptors (Lipinski definition) is 4. The van der Waals surface area contributed by atoms with Crippen molar-refractivity contribution in [2.24, 2.45) is 11.8 Å². The van der Waals surface area contributed by atoms with Crippen LogP contribution in [0.2, 0.25) is 0 Å². The van der Waals surface area contributed by atoms with Crippen LogP contribution < -0.4 is 31.0 Å². The van der Waals surface area contributed by atoms with Gasteiger partial charge in [-0.3, -0.25) is 10.9 Å². The number of ether oxygens (including phenoxy) is 2. The normalized spacial score (nSPS) is 22.8. The minimum atomic E-state index is 0.511. The third kappa shape index (κ3) is 5.35. The Morgan fingerprint density at radius 2 is 1.81 bits per heavy atom. The van der Waals surface area contributed by atoms with Crippen molar-refractivity contribution in [3.8, 4) is 11.5 Å². The topological polar surface area (TPSA) is 66.6 Å². The van der Waals surface area contributed by atoms with E-state index in [-0.39, 0.29) is 0 Å². The highest BCUT2D eigenvalue weighted by Gasteiger charge is 2.39. The van der Waals surface area contributed by atoms with E-state index in [4.69, 9.17) is 33.9 Å². The fourth-order valence-corrected chi connectivity index (χ4v) is 4.50. The van der Waals surface area contributed by atoms with Gasteiger partial charge in [-0.2, -0.15) is 0 Å². The van der Waals surface area contributed by atoms with Gasteiger partial charge < -0.3 is 20.1 Å². The first kappa shape index (κ1) is 19.9. The Hall–Kier alpha value is -1.80. The second-order valence-corrected chi connectivity index (χ2v) is 8.02. The maximum atomic E-state index is 5.37. The SMILES string of the molecule is COc1ccc(CCNC(=S)NNC(=S)N[C@H]2C[C@H]3CC[C@H]2C3)cc1OC. The van der Waals surface area contributed by atoms with Crippen molar-refractivity contribution >= 4 is 34.7 Å². The van der Waals surface area contributed by atoms with Gasteiger partial charge in [0.05, 0.1) is 14.2 Å². The zero-order valence-electron chi connectivity index (χ0n) is 15.8. The highest BCUT2D eigenvalue weighted by Crippen LogP contribution is 2.44. The molecule has 2 saturated carbocycles. The molecule has 1 aromatic carbocycles. The molecule has 27 heavy (non-hydrogen) atoms. The molecule has 8 heteroatoms. The Bertz CT molecular complexity index is 686. The van der Waals surface area contributed by atoms with Gasteiger partial charge in [0.15, 0.2) is 21.7 Å². The van der Waals surface area contributed by atoms with Gasteiger partial charge in [-0.05, 0) is 79.7 Å². The van der Waals surface area contributed by atoms with E-state index in [0.717, 1.165) is 35.3 Å². The van der Waals surface area contributed by atoms with Crippen molar-refractivity contribution < 1.29 is 9.47 Å². The first-order valence-corrected chi connectivity index (χ1v) is 10.2. The molecule has 4 N–H and O–H groups in total. The summed E-state index contributed by atoms with van der Waals surface area (Å²) in [5, 5.41) is 7.72. The summed E-state index contributed by atoms with van der Waals surface area (Å²) >= 11 is 10.7. The van der Waals surface area contributed by atoms with Gasteiger partial charge in [-0.25, -0.2) is 0 Å². The van der Waals surface area contributed by atoms with Crippen LogP contribution in [-0.4, -0.2) is 37.0 Å². The minimum Gasteiger partial charge on any atom is -0.493 e. The molecule has 148 valence electrons. The lowest BCUT2D eigenvalue weighted by molar-refractivity contribution is 0.354. The molecule has 0 heterocycles. The summed E-state index contributed by atoms with van der Waals surface area (Å²) in [6, 6.07) is 6.42. The average Bonchev–Trinajstić information content (AvgIpc) is 3.29. The fourth-order valence-electron chi connectivity index (χ4n) is 4.14. The third-order valence-electron chi connectivity index (χ3n) is 5.49. The summed E-state index contributed by atoms with van der Waals surface area (Å²) in [5.41, 5.74) is 7.07. The quantitative estimate of drug-likeness (QED) is 0.422. The van der Waals surface area contributed by atoms with E-state index in [0.29, 0.717) is 22.8 Å². The molecular formula is C19H28N4O2S2. The number of thiocarbonyl (C=S) groups is 2. The molecule has 6 nitrogen and oxygen atoms in total. The van der Waals surface area contributed by atoms with E-state index in [2.05, 4.69) is 21.5 Å². The number of fused-ring (bicyclic) bond motifs is 2. The first-order valence-electron chi connectivity index (χ1n) is 9.40. The number of hydrogen-bond donors (Lipinski definition) is 4. The largest absolute Gasteiger partial charge is 0.493 e. The third-order valence-corrected chi connectivity index (χ3v) is 5.96. The van der Waals surface area contributed by atoms with Crippen LogP contribution in [0.1, 0.15) is 31.2 Å². The van der Waals surface area contributed by atoms with E-state index in [1.807, 2.05) is 18.2 Å². The lowest BCUT2D eigenvalue weighted by Crippen LogP contribution is -2.53. The van der Waals surface area contributed by atoms with Crippen LogP contribution in [0.25, 0.3) is 0 Å². The second-order valence-electron chi connectivity index (χ2n) is 7.20. The monoisotopic (exact) mass is 408 g/mol. The maximum Gasteiger partial charge on any atom is 0.185 e. The molecule has 0 spiro atoms. The Labute approximate surface area is 171 Å². The average molecular weight is 409 g/mol. The summed E-state index contributed by atoms with van der Waals surface area (Å²) in [7, 11) is 3.27. The molecular weight excluding hydrogens is 380 g/mol. The van der Waals surface area contributed by atoms with E-state index in [9.17, 15) is 0 Å². The molecule has 2 bridgehead atoms. The minimum absolute atomic E-state index is 0.511. The lowest BCUT2D eigenvalue weighted by Gasteiger charge is -2.24.